The normalized spacial score (nSPS) is 12.1. The van der Waals surface area contributed by atoms with Crippen LogP contribution in [0.3, 0.4) is 0 Å². The van der Waals surface area contributed by atoms with Gasteiger partial charge < -0.3 is 5.32 Å². The van der Waals surface area contributed by atoms with Crippen LogP contribution in [0.2, 0.25) is 5.02 Å². The predicted octanol–water partition coefficient (Wildman–Crippen LogP) is 1.05. The SMILES string of the molecule is C[C@H](NC(=O)c1ccccc1Cl)C(=O)NN(C)C. The van der Waals surface area contributed by atoms with Crippen LogP contribution in [0.1, 0.15) is 17.3 Å². The highest BCUT2D eigenvalue weighted by molar-refractivity contribution is 6.33. The van der Waals surface area contributed by atoms with Crippen LogP contribution in [-0.4, -0.2) is 37.0 Å². The van der Waals surface area contributed by atoms with Crippen molar-refractivity contribution in [3.05, 3.63) is 34.9 Å². The van der Waals surface area contributed by atoms with Gasteiger partial charge in [-0.1, -0.05) is 23.7 Å². The van der Waals surface area contributed by atoms with E-state index in [1.54, 1.807) is 45.3 Å². The first-order valence-electron chi connectivity index (χ1n) is 5.45. The zero-order valence-electron chi connectivity index (χ0n) is 10.5. The van der Waals surface area contributed by atoms with E-state index in [1.165, 1.54) is 5.01 Å². The number of hydrazine groups is 1. The minimum atomic E-state index is -0.642. The largest absolute Gasteiger partial charge is 0.340 e. The average molecular weight is 270 g/mol. The third-order valence-electron chi connectivity index (χ3n) is 2.19. The minimum absolute atomic E-state index is 0.291. The minimum Gasteiger partial charge on any atom is -0.340 e. The zero-order valence-corrected chi connectivity index (χ0v) is 11.3. The molecule has 98 valence electrons. The molecule has 1 aromatic carbocycles. The highest BCUT2D eigenvalue weighted by Crippen LogP contribution is 2.14. The number of hydrogen-bond acceptors (Lipinski definition) is 3. The number of carbonyl (C=O) groups is 2. The summed E-state index contributed by atoms with van der Waals surface area (Å²) in [5.74, 6) is -0.664. The standard InChI is InChI=1S/C12H16ClN3O2/c1-8(11(17)15-16(2)3)14-12(18)9-6-4-5-7-10(9)13/h4-8H,1-3H3,(H,14,18)(H,15,17)/t8-/m0/s1. The van der Waals surface area contributed by atoms with E-state index >= 15 is 0 Å². The van der Waals surface area contributed by atoms with E-state index in [0.29, 0.717) is 10.6 Å². The Labute approximate surface area is 111 Å². The molecule has 0 saturated carbocycles. The molecule has 0 aliphatic rings. The van der Waals surface area contributed by atoms with Gasteiger partial charge in [0.2, 0.25) is 0 Å². The Hall–Kier alpha value is -1.59. The van der Waals surface area contributed by atoms with Crippen LogP contribution in [-0.2, 0) is 4.79 Å². The first kappa shape index (κ1) is 14.5. The summed E-state index contributed by atoms with van der Waals surface area (Å²) in [6, 6.07) is 6.04. The molecule has 0 aromatic heterocycles. The van der Waals surface area contributed by atoms with Gasteiger partial charge in [0.05, 0.1) is 10.6 Å². The molecule has 0 fully saturated rings. The lowest BCUT2D eigenvalue weighted by Crippen LogP contribution is -2.48. The Kier molecular flexibility index (Phi) is 5.12. The molecule has 0 spiro atoms. The number of benzene rings is 1. The lowest BCUT2D eigenvalue weighted by molar-refractivity contribution is -0.126. The molecule has 0 unspecified atom stereocenters. The maximum atomic E-state index is 11.9. The monoisotopic (exact) mass is 269 g/mol. The van der Waals surface area contributed by atoms with Crippen LogP contribution < -0.4 is 10.7 Å². The van der Waals surface area contributed by atoms with Crippen molar-refractivity contribution >= 4 is 23.4 Å². The average Bonchev–Trinajstić information content (AvgIpc) is 2.28. The summed E-state index contributed by atoms with van der Waals surface area (Å²) in [6.45, 7) is 1.60. The number of carbonyl (C=O) groups excluding carboxylic acids is 2. The molecule has 18 heavy (non-hydrogen) atoms. The second kappa shape index (κ2) is 6.37. The van der Waals surface area contributed by atoms with Gasteiger partial charge in [-0.2, -0.15) is 0 Å². The highest BCUT2D eigenvalue weighted by Gasteiger charge is 2.18. The Morgan fingerprint density at radius 1 is 1.28 bits per heavy atom. The maximum Gasteiger partial charge on any atom is 0.256 e. The summed E-state index contributed by atoms with van der Waals surface area (Å²) in [4.78, 5) is 23.5. The third kappa shape index (κ3) is 4.01. The molecule has 6 heteroatoms. The number of nitrogens with zero attached hydrogens (tertiary/aromatic N) is 1. The second-order valence-electron chi connectivity index (χ2n) is 4.05. The fraction of sp³-hybridized carbons (Fsp3) is 0.333. The molecule has 0 heterocycles. The van der Waals surface area contributed by atoms with Crippen molar-refractivity contribution in [2.24, 2.45) is 0 Å². The number of halogens is 1. The van der Waals surface area contributed by atoms with E-state index in [0.717, 1.165) is 0 Å². The number of rotatable bonds is 4. The Balaban J connectivity index is 2.65. The van der Waals surface area contributed by atoms with E-state index in [-0.39, 0.29) is 11.8 Å². The Bertz CT molecular complexity index is 449. The first-order valence-corrected chi connectivity index (χ1v) is 5.83. The van der Waals surface area contributed by atoms with Gasteiger partial charge in [-0.15, -0.1) is 0 Å². The van der Waals surface area contributed by atoms with Gasteiger partial charge in [-0.05, 0) is 19.1 Å². The molecular formula is C12H16ClN3O2. The molecule has 1 rings (SSSR count). The van der Waals surface area contributed by atoms with E-state index in [1.807, 2.05) is 0 Å². The molecule has 0 bridgehead atoms. The molecule has 0 radical (unpaired) electrons. The van der Waals surface area contributed by atoms with Gasteiger partial charge in [0.25, 0.3) is 11.8 Å². The van der Waals surface area contributed by atoms with Gasteiger partial charge in [0.1, 0.15) is 6.04 Å². The summed E-state index contributed by atoms with van der Waals surface area (Å²) in [5.41, 5.74) is 2.91. The number of hydrogen-bond donors (Lipinski definition) is 2. The van der Waals surface area contributed by atoms with Crippen molar-refractivity contribution < 1.29 is 9.59 Å². The van der Waals surface area contributed by atoms with E-state index < -0.39 is 6.04 Å². The van der Waals surface area contributed by atoms with Crippen LogP contribution in [0.15, 0.2) is 24.3 Å². The van der Waals surface area contributed by atoms with Crippen molar-refractivity contribution in [3.63, 3.8) is 0 Å². The quantitative estimate of drug-likeness (QED) is 0.804. The van der Waals surface area contributed by atoms with Gasteiger partial charge in [-0.3, -0.25) is 15.0 Å². The van der Waals surface area contributed by atoms with Gasteiger partial charge in [-0.25, -0.2) is 5.01 Å². The second-order valence-corrected chi connectivity index (χ2v) is 4.45. The van der Waals surface area contributed by atoms with Crippen molar-refractivity contribution in [1.82, 2.24) is 15.8 Å². The summed E-state index contributed by atoms with van der Waals surface area (Å²) in [5, 5.41) is 4.45. The predicted molar refractivity (Wildman–Crippen MR) is 70.2 cm³/mol. The fourth-order valence-corrected chi connectivity index (χ4v) is 1.52. The molecule has 0 saturated heterocycles. The summed E-state index contributed by atoms with van der Waals surface area (Å²) in [6.07, 6.45) is 0. The molecule has 0 aliphatic carbocycles. The molecule has 2 amide bonds. The van der Waals surface area contributed by atoms with E-state index in [9.17, 15) is 9.59 Å². The van der Waals surface area contributed by atoms with Crippen molar-refractivity contribution in [1.29, 1.82) is 0 Å². The smallest absolute Gasteiger partial charge is 0.256 e. The fourth-order valence-electron chi connectivity index (χ4n) is 1.30. The lowest BCUT2D eigenvalue weighted by atomic mass is 10.2. The first-order chi connectivity index (χ1) is 8.41. The van der Waals surface area contributed by atoms with Crippen LogP contribution >= 0.6 is 11.6 Å². The van der Waals surface area contributed by atoms with Gasteiger partial charge in [0, 0.05) is 14.1 Å². The summed E-state index contributed by atoms with van der Waals surface area (Å²) in [7, 11) is 3.39. The summed E-state index contributed by atoms with van der Waals surface area (Å²) >= 11 is 5.90. The van der Waals surface area contributed by atoms with Crippen molar-refractivity contribution in [2.45, 2.75) is 13.0 Å². The Morgan fingerprint density at radius 2 is 1.89 bits per heavy atom. The van der Waals surface area contributed by atoms with Crippen molar-refractivity contribution in [3.8, 4) is 0 Å². The lowest BCUT2D eigenvalue weighted by Gasteiger charge is -2.17. The molecule has 5 nitrogen and oxygen atoms in total. The van der Waals surface area contributed by atoms with Crippen LogP contribution in [0.5, 0.6) is 0 Å². The number of amides is 2. The summed E-state index contributed by atoms with van der Waals surface area (Å²) < 4.78 is 0. The molecular weight excluding hydrogens is 254 g/mol. The van der Waals surface area contributed by atoms with Crippen LogP contribution in [0.4, 0.5) is 0 Å². The zero-order chi connectivity index (χ0) is 13.7. The maximum absolute atomic E-state index is 11.9. The molecule has 1 aromatic rings. The topological polar surface area (TPSA) is 61.4 Å². The van der Waals surface area contributed by atoms with Gasteiger partial charge >= 0.3 is 0 Å². The van der Waals surface area contributed by atoms with Crippen molar-refractivity contribution in [2.75, 3.05) is 14.1 Å². The highest BCUT2D eigenvalue weighted by atomic mass is 35.5. The third-order valence-corrected chi connectivity index (χ3v) is 2.52. The molecule has 0 aliphatic heterocycles. The van der Waals surface area contributed by atoms with Gasteiger partial charge in [0.15, 0.2) is 0 Å². The van der Waals surface area contributed by atoms with Crippen LogP contribution in [0.25, 0.3) is 0 Å². The van der Waals surface area contributed by atoms with E-state index in [4.69, 9.17) is 11.6 Å². The van der Waals surface area contributed by atoms with Crippen LogP contribution in [0, 0.1) is 0 Å². The Morgan fingerprint density at radius 3 is 2.44 bits per heavy atom. The van der Waals surface area contributed by atoms with E-state index in [2.05, 4.69) is 10.7 Å². The molecule has 2 N–H and O–H groups in total. The number of nitrogens with one attached hydrogen (secondary N) is 2. The molecule has 1 atom stereocenters.